The van der Waals surface area contributed by atoms with Crippen LogP contribution in [-0.2, 0) is 48.2 Å². The molecule has 1 amide bonds. The number of benzene rings is 1. The van der Waals surface area contributed by atoms with E-state index in [1.54, 1.807) is 30.3 Å². The summed E-state index contributed by atoms with van der Waals surface area (Å²) < 4.78 is 95.3. The monoisotopic (exact) mass is 1120 g/mol. The number of carbonyl (C=O) groups excluding carboxylic acids is 2. The van der Waals surface area contributed by atoms with Crippen molar-refractivity contribution in [3.8, 4) is 0 Å². The molecule has 1 aromatic rings. The SMILES string of the molecule is CCCCCCCCCCCCCCCCCCCCCCCC(=O)N[C@@H](CO[C@@H]1O[C@H](COS(=O)(=O)[O-])[C@H](O)[C@H](O)[C@H]1OS(=O)(=O)[O-])[C@@H](CCCCCCCCCCCCCCC)OC(=O)c1ccccc1.[Na+].[Na+]. The topological polar surface area (TPSA) is 247 Å². The van der Waals surface area contributed by atoms with Crippen molar-refractivity contribution < 1.29 is 127 Å². The van der Waals surface area contributed by atoms with Crippen molar-refractivity contribution >= 4 is 32.7 Å². The van der Waals surface area contributed by atoms with Crippen LogP contribution in [0.1, 0.15) is 255 Å². The fraction of sp³-hybridized carbons (Fsp3) is 0.855. The number of hydrogen-bond donors (Lipinski definition) is 3. The number of carbonyl (C=O) groups is 2. The van der Waals surface area contributed by atoms with Crippen molar-refractivity contribution in [2.24, 2.45) is 0 Å². The summed E-state index contributed by atoms with van der Waals surface area (Å²) in [5.74, 6) is -1.02. The van der Waals surface area contributed by atoms with Crippen LogP contribution < -0.4 is 64.4 Å². The van der Waals surface area contributed by atoms with Gasteiger partial charge in [0.1, 0.15) is 24.4 Å². The molecule has 3 N–H and O–H groups in total. The number of aliphatic hydroxyl groups excluding tert-OH is 2. The van der Waals surface area contributed by atoms with Crippen LogP contribution in [0.2, 0.25) is 0 Å². The Labute approximate surface area is 498 Å². The molecule has 75 heavy (non-hydrogen) atoms. The summed E-state index contributed by atoms with van der Waals surface area (Å²) in [5.41, 5.74) is 0.265. The number of hydrogen-bond acceptors (Lipinski definition) is 15. The Morgan fingerprint density at radius 3 is 1.39 bits per heavy atom. The number of unbranched alkanes of at least 4 members (excludes halogenated alkanes) is 32. The van der Waals surface area contributed by atoms with Crippen LogP contribution in [0.5, 0.6) is 0 Å². The van der Waals surface area contributed by atoms with Gasteiger partial charge < -0.3 is 38.8 Å². The Balaban J connectivity index is 0.0000274. The largest absolute Gasteiger partial charge is 1.00 e. The first-order valence-corrected chi connectivity index (χ1v) is 31.2. The minimum Gasteiger partial charge on any atom is -0.726 e. The minimum atomic E-state index is -5.55. The Morgan fingerprint density at radius 2 is 0.987 bits per heavy atom. The van der Waals surface area contributed by atoms with Crippen LogP contribution in [0.15, 0.2) is 30.3 Å². The quantitative estimate of drug-likeness (QED) is 0.0237. The normalized spacial score (nSPS) is 18.7. The van der Waals surface area contributed by atoms with Crippen molar-refractivity contribution in [1.82, 2.24) is 5.32 Å². The number of aliphatic hydroxyl groups is 2. The Hall–Kier alpha value is -0.260. The molecular formula is C55H97NNa2O15S2. The van der Waals surface area contributed by atoms with Gasteiger partial charge in [0.25, 0.3) is 0 Å². The summed E-state index contributed by atoms with van der Waals surface area (Å²) in [6.45, 7) is 2.83. The molecule has 0 aliphatic carbocycles. The van der Waals surface area contributed by atoms with Crippen LogP contribution >= 0.6 is 0 Å². The molecule has 0 saturated carbocycles. The number of esters is 1. The maximum Gasteiger partial charge on any atom is 1.00 e. The van der Waals surface area contributed by atoms with E-state index in [0.717, 1.165) is 51.4 Å². The number of rotatable bonds is 48. The summed E-state index contributed by atoms with van der Waals surface area (Å²) in [6.07, 6.45) is 29.8. The van der Waals surface area contributed by atoms with E-state index >= 15 is 0 Å². The van der Waals surface area contributed by atoms with Gasteiger partial charge in [0, 0.05) is 6.42 Å². The van der Waals surface area contributed by atoms with Crippen molar-refractivity contribution in [1.29, 1.82) is 0 Å². The first-order valence-electron chi connectivity index (χ1n) is 28.6. The molecule has 1 heterocycles. The Morgan fingerprint density at radius 1 is 0.587 bits per heavy atom. The standard InChI is InChI=1S/C55H99NO15S2.2Na/c1-3-5-7-9-11-13-15-17-18-19-20-21-22-23-24-26-28-30-32-34-39-43-50(57)56-47(44-67-55-53(71-73(64,65)66)52(59)51(58)49(70-55)45-68-72(61,62)63)48(69-54(60)46-40-36-35-37-41-46)42-38-33-31-29-27-25-16-14-12-10-8-6-4-2;;/h35-37,40-41,47-49,51-53,55,58-59H,3-34,38-39,42-45H2,1-2H3,(H,56,57)(H,61,62,63)(H,64,65,66);;/q;2*+1/p-2/t47-,48+,49+,51-,52-,53+,55+;;/m0../s1. The molecule has 0 aromatic heterocycles. The maximum absolute atomic E-state index is 13.7. The third-order valence-electron chi connectivity index (χ3n) is 13.9. The summed E-state index contributed by atoms with van der Waals surface area (Å²) in [5, 5.41) is 24.4. The molecule has 16 nitrogen and oxygen atoms in total. The summed E-state index contributed by atoms with van der Waals surface area (Å²) in [6, 6.07) is 7.22. The molecule has 20 heteroatoms. The molecular weight excluding hydrogens is 1020 g/mol. The van der Waals surface area contributed by atoms with Gasteiger partial charge in [0.2, 0.25) is 26.7 Å². The Kier molecular flexibility index (Phi) is 47.2. The van der Waals surface area contributed by atoms with E-state index in [1.807, 2.05) is 0 Å². The molecule has 1 saturated heterocycles. The first-order chi connectivity index (χ1) is 35.1. The van der Waals surface area contributed by atoms with Gasteiger partial charge in [-0.15, -0.1) is 0 Å². The van der Waals surface area contributed by atoms with E-state index in [9.17, 15) is 45.7 Å². The van der Waals surface area contributed by atoms with E-state index in [2.05, 4.69) is 27.5 Å². The fourth-order valence-corrected chi connectivity index (χ4v) is 10.3. The van der Waals surface area contributed by atoms with Crippen LogP contribution in [0.3, 0.4) is 0 Å². The second kappa shape index (κ2) is 47.4. The summed E-state index contributed by atoms with van der Waals surface area (Å²) in [4.78, 5) is 27.2. The predicted octanol–water partition coefficient (Wildman–Crippen LogP) is 5.57. The van der Waals surface area contributed by atoms with Gasteiger partial charge in [-0.25, -0.2) is 21.6 Å². The third kappa shape index (κ3) is 39.7. The van der Waals surface area contributed by atoms with Gasteiger partial charge >= 0.3 is 65.1 Å². The van der Waals surface area contributed by atoms with Crippen LogP contribution in [0, 0.1) is 0 Å². The van der Waals surface area contributed by atoms with Crippen LogP contribution in [0.4, 0.5) is 0 Å². The molecule has 1 aromatic carbocycles. The second-order valence-electron chi connectivity index (χ2n) is 20.4. The molecule has 0 unspecified atom stereocenters. The molecule has 2 rings (SSSR count). The zero-order valence-corrected chi connectivity index (χ0v) is 52.4. The van der Waals surface area contributed by atoms with Crippen LogP contribution in [-0.4, -0.2) is 104 Å². The number of amides is 1. The van der Waals surface area contributed by atoms with Crippen molar-refractivity contribution in [3.05, 3.63) is 35.9 Å². The molecule has 1 fully saturated rings. The average Bonchev–Trinajstić information content (AvgIpc) is 3.35. The molecule has 1 aliphatic heterocycles. The van der Waals surface area contributed by atoms with Gasteiger partial charge in [0.05, 0.1) is 24.8 Å². The average molecular weight is 1120 g/mol. The van der Waals surface area contributed by atoms with Crippen LogP contribution in [0.25, 0.3) is 0 Å². The molecule has 0 spiro atoms. The number of nitrogens with one attached hydrogen (secondary N) is 1. The van der Waals surface area contributed by atoms with Gasteiger partial charge in [-0.2, -0.15) is 0 Å². The Bertz CT molecular complexity index is 1750. The summed E-state index contributed by atoms with van der Waals surface area (Å²) >= 11 is 0. The maximum atomic E-state index is 13.7. The van der Waals surface area contributed by atoms with E-state index in [1.165, 1.54) is 154 Å². The van der Waals surface area contributed by atoms with Gasteiger partial charge in [-0.1, -0.05) is 238 Å². The first kappa shape index (κ1) is 74.7. The van der Waals surface area contributed by atoms with Crippen molar-refractivity contribution in [3.63, 3.8) is 0 Å². The molecule has 1 aliphatic rings. The van der Waals surface area contributed by atoms with E-state index in [4.69, 9.17) is 14.2 Å². The third-order valence-corrected chi connectivity index (χ3v) is 14.7. The molecule has 7 atom stereocenters. The second-order valence-corrected chi connectivity index (χ2v) is 22.4. The number of ether oxygens (including phenoxy) is 3. The fourth-order valence-electron chi connectivity index (χ4n) is 9.49. The molecule has 426 valence electrons. The zero-order valence-electron chi connectivity index (χ0n) is 46.8. The molecule has 0 radical (unpaired) electrons. The van der Waals surface area contributed by atoms with Gasteiger partial charge in [0.15, 0.2) is 12.4 Å². The van der Waals surface area contributed by atoms with E-state index < -0.39 is 82.8 Å². The van der Waals surface area contributed by atoms with E-state index in [-0.39, 0.29) is 77.0 Å². The van der Waals surface area contributed by atoms with E-state index in [0.29, 0.717) is 19.3 Å². The van der Waals surface area contributed by atoms with Crippen molar-refractivity contribution in [2.45, 2.75) is 288 Å². The zero-order chi connectivity index (χ0) is 53.4. The van der Waals surface area contributed by atoms with Gasteiger partial charge in [-0.3, -0.25) is 13.2 Å². The smallest absolute Gasteiger partial charge is 0.726 e. The minimum absolute atomic E-state index is 0. The molecule has 0 bridgehead atoms. The van der Waals surface area contributed by atoms with Crippen molar-refractivity contribution in [2.75, 3.05) is 13.2 Å². The van der Waals surface area contributed by atoms with Gasteiger partial charge in [-0.05, 0) is 31.4 Å². The predicted molar refractivity (Wildman–Crippen MR) is 282 cm³/mol. The summed E-state index contributed by atoms with van der Waals surface area (Å²) in [7, 11) is -10.8.